The Morgan fingerprint density at radius 2 is 2.05 bits per heavy atom. The number of nitrogens with one attached hydrogen (secondary N) is 1. The lowest BCUT2D eigenvalue weighted by molar-refractivity contribution is 0.0690. The Bertz CT molecular complexity index is 457. The van der Waals surface area contributed by atoms with Gasteiger partial charge in [0.25, 0.3) is 5.91 Å². The smallest absolute Gasteiger partial charge is 0.254 e. The van der Waals surface area contributed by atoms with Crippen molar-refractivity contribution in [1.29, 1.82) is 0 Å². The van der Waals surface area contributed by atoms with E-state index in [0.29, 0.717) is 10.9 Å². The summed E-state index contributed by atoms with van der Waals surface area (Å²) in [5.41, 5.74) is 1.73. The third kappa shape index (κ3) is 4.11. The highest BCUT2D eigenvalue weighted by molar-refractivity contribution is 6.31. The second-order valence-electron chi connectivity index (χ2n) is 5.25. The lowest BCUT2D eigenvalue weighted by Gasteiger charge is -2.32. The Morgan fingerprint density at radius 1 is 1.40 bits per heavy atom. The van der Waals surface area contributed by atoms with E-state index in [4.69, 9.17) is 11.6 Å². The third-order valence-corrected chi connectivity index (χ3v) is 4.06. The highest BCUT2D eigenvalue weighted by atomic mass is 35.5. The summed E-state index contributed by atoms with van der Waals surface area (Å²) in [5.74, 6) is 0.803. The first-order valence-electron chi connectivity index (χ1n) is 6.82. The van der Waals surface area contributed by atoms with Gasteiger partial charge in [0.05, 0.1) is 0 Å². The number of rotatable bonds is 3. The van der Waals surface area contributed by atoms with Gasteiger partial charge in [-0.25, -0.2) is 0 Å². The van der Waals surface area contributed by atoms with Crippen LogP contribution in [0.3, 0.4) is 0 Å². The predicted octanol–water partition coefficient (Wildman–Crippen LogP) is 3.14. The zero-order valence-corrected chi connectivity index (χ0v) is 13.6. The van der Waals surface area contributed by atoms with Crippen molar-refractivity contribution < 1.29 is 4.79 Å². The maximum atomic E-state index is 12.5. The second kappa shape index (κ2) is 7.87. The average molecular weight is 317 g/mol. The van der Waals surface area contributed by atoms with Crippen molar-refractivity contribution >= 4 is 29.9 Å². The Kier molecular flexibility index (Phi) is 6.80. The molecule has 0 bridgehead atoms. The van der Waals surface area contributed by atoms with E-state index in [1.54, 1.807) is 6.07 Å². The highest BCUT2D eigenvalue weighted by Crippen LogP contribution is 2.21. The van der Waals surface area contributed by atoms with Crippen LogP contribution in [0.1, 0.15) is 28.8 Å². The molecule has 112 valence electrons. The van der Waals surface area contributed by atoms with E-state index >= 15 is 0 Å². The van der Waals surface area contributed by atoms with Crippen molar-refractivity contribution in [2.45, 2.75) is 19.8 Å². The molecule has 1 aromatic carbocycles. The molecule has 1 fully saturated rings. The molecular weight excluding hydrogens is 295 g/mol. The zero-order chi connectivity index (χ0) is 13.8. The van der Waals surface area contributed by atoms with Gasteiger partial charge in [-0.05, 0) is 57.0 Å². The van der Waals surface area contributed by atoms with Crippen molar-refractivity contribution in [2.75, 3.05) is 26.7 Å². The van der Waals surface area contributed by atoms with Crippen molar-refractivity contribution in [3.05, 3.63) is 34.3 Å². The van der Waals surface area contributed by atoms with Gasteiger partial charge < -0.3 is 10.2 Å². The van der Waals surface area contributed by atoms with Crippen molar-refractivity contribution in [3.63, 3.8) is 0 Å². The van der Waals surface area contributed by atoms with E-state index in [1.165, 1.54) is 0 Å². The molecule has 1 aliphatic rings. The standard InChI is InChI=1S/C15H21ClN2O.ClH/c1-11-3-4-13(16)9-14(11)15(19)18-7-5-12(6-8-18)10-17-2;/h3-4,9,12,17H,5-8,10H2,1-2H3;1H. The Balaban J connectivity index is 0.00000200. The van der Waals surface area contributed by atoms with Crippen LogP contribution in [0.25, 0.3) is 0 Å². The first kappa shape index (κ1) is 17.3. The summed E-state index contributed by atoms with van der Waals surface area (Å²) in [6.45, 7) is 4.68. The van der Waals surface area contributed by atoms with Crippen LogP contribution in [0.4, 0.5) is 0 Å². The maximum absolute atomic E-state index is 12.5. The lowest BCUT2D eigenvalue weighted by atomic mass is 9.96. The molecule has 1 saturated heterocycles. The molecule has 1 aliphatic heterocycles. The molecule has 5 heteroatoms. The molecule has 1 N–H and O–H groups in total. The van der Waals surface area contributed by atoms with Crippen LogP contribution >= 0.6 is 24.0 Å². The number of piperidine rings is 1. The number of carbonyl (C=O) groups is 1. The SMILES string of the molecule is CNCC1CCN(C(=O)c2cc(Cl)ccc2C)CC1.Cl. The molecule has 2 rings (SSSR count). The number of aryl methyl sites for hydroxylation is 1. The van der Waals surface area contributed by atoms with Gasteiger partial charge in [-0.15, -0.1) is 12.4 Å². The van der Waals surface area contributed by atoms with Crippen molar-refractivity contribution in [1.82, 2.24) is 10.2 Å². The van der Waals surface area contributed by atoms with Crippen molar-refractivity contribution in [2.24, 2.45) is 5.92 Å². The molecular formula is C15H22Cl2N2O. The summed E-state index contributed by atoms with van der Waals surface area (Å²) in [6.07, 6.45) is 2.15. The molecule has 0 atom stereocenters. The molecule has 0 radical (unpaired) electrons. The minimum atomic E-state index is 0. The molecule has 3 nitrogen and oxygen atoms in total. The average Bonchev–Trinajstić information content (AvgIpc) is 2.42. The minimum Gasteiger partial charge on any atom is -0.339 e. The fraction of sp³-hybridized carbons (Fsp3) is 0.533. The Labute approximate surface area is 132 Å². The molecule has 1 amide bonds. The van der Waals surface area contributed by atoms with Gasteiger partial charge in [-0.1, -0.05) is 17.7 Å². The zero-order valence-electron chi connectivity index (χ0n) is 12.0. The number of nitrogens with zero attached hydrogens (tertiary/aromatic N) is 1. The number of likely N-dealkylation sites (tertiary alicyclic amines) is 1. The van der Waals surface area contributed by atoms with E-state index in [0.717, 1.165) is 43.6 Å². The fourth-order valence-electron chi connectivity index (χ4n) is 2.62. The van der Waals surface area contributed by atoms with Gasteiger partial charge in [0.15, 0.2) is 0 Å². The molecule has 1 aromatic rings. The van der Waals surface area contributed by atoms with Crippen molar-refractivity contribution in [3.8, 4) is 0 Å². The molecule has 0 spiro atoms. The first-order chi connectivity index (χ1) is 9.11. The van der Waals surface area contributed by atoms with E-state index < -0.39 is 0 Å². The summed E-state index contributed by atoms with van der Waals surface area (Å²) in [4.78, 5) is 14.4. The third-order valence-electron chi connectivity index (χ3n) is 3.82. The summed E-state index contributed by atoms with van der Waals surface area (Å²) in [5, 5.41) is 3.83. The molecule has 1 heterocycles. The molecule has 0 aliphatic carbocycles. The number of hydrogen-bond acceptors (Lipinski definition) is 2. The monoisotopic (exact) mass is 316 g/mol. The van der Waals surface area contributed by atoms with Gasteiger partial charge in [0.2, 0.25) is 0 Å². The molecule has 0 unspecified atom stereocenters. The lowest BCUT2D eigenvalue weighted by Crippen LogP contribution is -2.40. The predicted molar refractivity (Wildman–Crippen MR) is 86.0 cm³/mol. The molecule has 0 aromatic heterocycles. The van der Waals surface area contributed by atoms with Gasteiger partial charge in [-0.2, -0.15) is 0 Å². The van der Waals surface area contributed by atoms with E-state index in [1.807, 2.05) is 31.0 Å². The summed E-state index contributed by atoms with van der Waals surface area (Å²) < 4.78 is 0. The fourth-order valence-corrected chi connectivity index (χ4v) is 2.80. The van der Waals surface area contributed by atoms with Gasteiger partial charge in [0.1, 0.15) is 0 Å². The second-order valence-corrected chi connectivity index (χ2v) is 5.69. The molecule has 0 saturated carbocycles. The van der Waals surface area contributed by atoms with Crippen LogP contribution in [-0.4, -0.2) is 37.5 Å². The molecule has 20 heavy (non-hydrogen) atoms. The van der Waals surface area contributed by atoms with Crippen LogP contribution in [0.5, 0.6) is 0 Å². The number of benzene rings is 1. The summed E-state index contributed by atoms with van der Waals surface area (Å²) in [6, 6.07) is 5.51. The van der Waals surface area contributed by atoms with E-state index in [2.05, 4.69) is 5.32 Å². The maximum Gasteiger partial charge on any atom is 0.254 e. The normalized spacial score (nSPS) is 15.8. The Hall–Kier alpha value is -0.770. The van der Waals surface area contributed by atoms with Gasteiger partial charge in [0, 0.05) is 23.7 Å². The summed E-state index contributed by atoms with van der Waals surface area (Å²) in [7, 11) is 1.98. The van der Waals surface area contributed by atoms with E-state index in [-0.39, 0.29) is 18.3 Å². The van der Waals surface area contributed by atoms with Crippen LogP contribution in [-0.2, 0) is 0 Å². The number of amides is 1. The van der Waals surface area contributed by atoms with E-state index in [9.17, 15) is 4.79 Å². The van der Waals surface area contributed by atoms with Crippen LogP contribution in [0.15, 0.2) is 18.2 Å². The highest BCUT2D eigenvalue weighted by Gasteiger charge is 2.24. The van der Waals surface area contributed by atoms with Gasteiger partial charge >= 0.3 is 0 Å². The summed E-state index contributed by atoms with van der Waals surface area (Å²) >= 11 is 5.99. The number of carbonyl (C=O) groups excluding carboxylic acids is 1. The number of hydrogen-bond donors (Lipinski definition) is 1. The number of halogens is 2. The first-order valence-corrected chi connectivity index (χ1v) is 7.19. The largest absolute Gasteiger partial charge is 0.339 e. The topological polar surface area (TPSA) is 32.3 Å². The van der Waals surface area contributed by atoms with Crippen LogP contribution in [0, 0.1) is 12.8 Å². The quantitative estimate of drug-likeness (QED) is 0.929. The Morgan fingerprint density at radius 3 is 2.65 bits per heavy atom. The van der Waals surface area contributed by atoms with Crippen LogP contribution in [0.2, 0.25) is 5.02 Å². The minimum absolute atomic E-state index is 0. The van der Waals surface area contributed by atoms with Crippen LogP contribution < -0.4 is 5.32 Å². The van der Waals surface area contributed by atoms with Gasteiger partial charge in [-0.3, -0.25) is 4.79 Å².